The van der Waals surface area contributed by atoms with Crippen molar-refractivity contribution in [1.29, 1.82) is 0 Å². The highest BCUT2D eigenvalue weighted by Crippen LogP contribution is 2.40. The number of aliphatic hydroxyl groups is 3. The van der Waals surface area contributed by atoms with Crippen molar-refractivity contribution in [3.8, 4) is 23.0 Å². The molecule has 11 nitrogen and oxygen atoms in total. The van der Waals surface area contributed by atoms with Gasteiger partial charge in [-0.15, -0.1) is 0 Å². The second-order valence-electron chi connectivity index (χ2n) is 12.7. The average Bonchev–Trinajstić information content (AvgIpc) is 3.07. The van der Waals surface area contributed by atoms with Crippen LogP contribution in [-0.4, -0.2) is 78.6 Å². The number of hydrogen-bond acceptors (Lipinski definition) is 11. The molecular formula is C38H48O11. The molecule has 2 aliphatic heterocycles. The van der Waals surface area contributed by atoms with Crippen molar-refractivity contribution < 1.29 is 53.3 Å². The summed E-state index contributed by atoms with van der Waals surface area (Å²) >= 11 is 0. The smallest absolute Gasteiger partial charge is 0.309 e. The lowest BCUT2D eigenvalue weighted by atomic mass is 9.96. The third kappa shape index (κ3) is 10.2. The molecule has 266 valence electrons. The highest BCUT2D eigenvalue weighted by atomic mass is 16.7. The van der Waals surface area contributed by atoms with Crippen molar-refractivity contribution in [3.05, 3.63) is 83.0 Å². The van der Waals surface area contributed by atoms with E-state index in [0.717, 1.165) is 36.8 Å². The molecule has 2 aromatic rings. The second kappa shape index (κ2) is 17.5. The number of Topliss-reactive ketones (excluding diaryl/α,β-unsaturated/α-hetero) is 1. The third-order valence-electron chi connectivity index (χ3n) is 8.47. The number of ketones is 1. The first-order valence-corrected chi connectivity index (χ1v) is 16.4. The van der Waals surface area contributed by atoms with Gasteiger partial charge in [0.2, 0.25) is 6.29 Å². The Kier molecular flexibility index (Phi) is 13.4. The van der Waals surface area contributed by atoms with Crippen molar-refractivity contribution in [2.45, 2.75) is 96.1 Å². The first-order valence-electron chi connectivity index (χ1n) is 16.4. The van der Waals surface area contributed by atoms with Crippen molar-refractivity contribution >= 4 is 11.8 Å². The monoisotopic (exact) mass is 680 g/mol. The van der Waals surface area contributed by atoms with Gasteiger partial charge in [-0.3, -0.25) is 9.59 Å². The van der Waals surface area contributed by atoms with Gasteiger partial charge >= 0.3 is 5.97 Å². The number of benzene rings is 2. The molecule has 2 heterocycles. The quantitative estimate of drug-likeness (QED) is 0.160. The summed E-state index contributed by atoms with van der Waals surface area (Å²) in [6.07, 6.45) is -0.181. The maximum atomic E-state index is 13.0. The van der Waals surface area contributed by atoms with E-state index in [1.807, 2.05) is 13.0 Å². The molecule has 1 fully saturated rings. The predicted octanol–water partition coefficient (Wildman–Crippen LogP) is 5.56. The lowest BCUT2D eigenvalue weighted by molar-refractivity contribution is -0.278. The van der Waals surface area contributed by atoms with Crippen LogP contribution in [0.15, 0.2) is 71.8 Å². The minimum Gasteiger partial charge on any atom is -0.493 e. The van der Waals surface area contributed by atoms with Crippen molar-refractivity contribution in [3.63, 3.8) is 0 Å². The Hall–Kier alpha value is -4.16. The Labute approximate surface area is 287 Å². The van der Waals surface area contributed by atoms with Crippen LogP contribution >= 0.6 is 0 Å². The molecule has 3 N–H and O–H groups in total. The van der Waals surface area contributed by atoms with E-state index in [2.05, 4.69) is 26.5 Å². The largest absolute Gasteiger partial charge is 0.493 e. The molecule has 2 aliphatic rings. The van der Waals surface area contributed by atoms with Crippen LogP contribution in [0.4, 0.5) is 0 Å². The molecule has 0 spiro atoms. The predicted molar refractivity (Wildman–Crippen MR) is 182 cm³/mol. The zero-order chi connectivity index (χ0) is 35.7. The molecule has 4 rings (SSSR count). The van der Waals surface area contributed by atoms with E-state index in [4.69, 9.17) is 28.4 Å². The van der Waals surface area contributed by atoms with E-state index in [9.17, 15) is 24.9 Å². The van der Waals surface area contributed by atoms with Crippen LogP contribution in [0, 0.1) is 0 Å². The van der Waals surface area contributed by atoms with Gasteiger partial charge in [0, 0.05) is 6.07 Å². The van der Waals surface area contributed by atoms with Crippen molar-refractivity contribution in [1.82, 2.24) is 0 Å². The average molecular weight is 681 g/mol. The van der Waals surface area contributed by atoms with Crippen LogP contribution in [0.1, 0.15) is 81.3 Å². The number of carbonyl (C=O) groups excluding carboxylic acids is 2. The summed E-state index contributed by atoms with van der Waals surface area (Å²) in [5.74, 6) is 0.836. The molecule has 0 radical (unpaired) electrons. The van der Waals surface area contributed by atoms with Crippen LogP contribution in [-0.2, 0) is 14.3 Å². The Morgan fingerprint density at radius 1 is 0.939 bits per heavy atom. The first kappa shape index (κ1) is 37.7. The lowest BCUT2D eigenvalue weighted by Gasteiger charge is -2.40. The van der Waals surface area contributed by atoms with E-state index in [1.54, 1.807) is 24.3 Å². The second-order valence-corrected chi connectivity index (χ2v) is 12.7. The van der Waals surface area contributed by atoms with E-state index in [-0.39, 0.29) is 36.7 Å². The molecule has 1 saturated heterocycles. The summed E-state index contributed by atoms with van der Waals surface area (Å²) in [6.45, 7) is 9.74. The highest BCUT2D eigenvalue weighted by molar-refractivity contribution is 6.00. The fraction of sp³-hybridized carbons (Fsp3) is 0.474. The van der Waals surface area contributed by atoms with E-state index >= 15 is 0 Å². The molecule has 0 amide bonds. The number of carbonyl (C=O) groups is 2. The van der Waals surface area contributed by atoms with Gasteiger partial charge in [0.05, 0.1) is 32.6 Å². The normalized spacial score (nSPS) is 23.5. The number of ether oxygens (including phenoxy) is 6. The molecule has 0 bridgehead atoms. The summed E-state index contributed by atoms with van der Waals surface area (Å²) in [6, 6.07) is 9.84. The SMILES string of the molecule is C=C(CCC=C(C)C)CCC=C(C)CC(=O)OCC1OC(Oc2ccc3c(c2)OC(c2ccc(OC)c(OC)c2)CC3=O)C(O)C(O)C1O. The summed E-state index contributed by atoms with van der Waals surface area (Å²) in [7, 11) is 3.06. The van der Waals surface area contributed by atoms with E-state index in [0.29, 0.717) is 22.6 Å². The summed E-state index contributed by atoms with van der Waals surface area (Å²) in [4.78, 5) is 25.6. The Morgan fingerprint density at radius 3 is 2.35 bits per heavy atom. The molecule has 0 saturated carbocycles. The Morgan fingerprint density at radius 2 is 1.65 bits per heavy atom. The van der Waals surface area contributed by atoms with Crippen LogP contribution < -0.4 is 18.9 Å². The molecule has 6 atom stereocenters. The Balaban J connectivity index is 1.33. The zero-order valence-electron chi connectivity index (χ0n) is 28.8. The van der Waals surface area contributed by atoms with Crippen molar-refractivity contribution in [2.24, 2.45) is 0 Å². The molecular weight excluding hydrogens is 632 g/mol. The minimum atomic E-state index is -1.64. The number of allylic oxidation sites excluding steroid dienone is 4. The topological polar surface area (TPSA) is 150 Å². The van der Waals surface area contributed by atoms with Crippen molar-refractivity contribution in [2.75, 3.05) is 20.8 Å². The molecule has 0 aliphatic carbocycles. The van der Waals surface area contributed by atoms with Gasteiger partial charge in [-0.2, -0.15) is 0 Å². The number of methoxy groups -OCH3 is 2. The molecule has 11 heteroatoms. The third-order valence-corrected chi connectivity index (χ3v) is 8.47. The first-order chi connectivity index (χ1) is 23.4. The number of aliphatic hydroxyl groups excluding tert-OH is 3. The molecule has 49 heavy (non-hydrogen) atoms. The summed E-state index contributed by atoms with van der Waals surface area (Å²) < 4.78 is 33.9. The maximum Gasteiger partial charge on any atom is 0.309 e. The summed E-state index contributed by atoms with van der Waals surface area (Å²) in [5, 5.41) is 31.8. The van der Waals surface area contributed by atoms with Crippen LogP contribution in [0.25, 0.3) is 0 Å². The van der Waals surface area contributed by atoms with Gasteiger partial charge in [0.15, 0.2) is 17.3 Å². The molecule has 0 aromatic heterocycles. The number of hydrogen-bond donors (Lipinski definition) is 3. The van der Waals surface area contributed by atoms with Crippen LogP contribution in [0.2, 0.25) is 0 Å². The van der Waals surface area contributed by atoms with E-state index < -0.39 is 42.8 Å². The standard InChI is InChI=1S/C38H48O11/c1-22(2)9-7-10-23(3)11-8-12-24(4)17-34(40)46-21-33-35(41)36(42)37(43)38(49-33)47-26-14-15-27-28(39)20-30(48-31(27)19-26)25-13-16-29(44-5)32(18-25)45-6/h9,12-16,18-19,30,33,35-38,41-43H,3,7-8,10-11,17,20-21H2,1-2,4-6H3. The highest BCUT2D eigenvalue weighted by Gasteiger charge is 2.45. The van der Waals surface area contributed by atoms with Gasteiger partial charge in [0.25, 0.3) is 0 Å². The van der Waals surface area contributed by atoms with Gasteiger partial charge in [-0.1, -0.05) is 41.5 Å². The lowest BCUT2D eigenvalue weighted by Crippen LogP contribution is -2.60. The maximum absolute atomic E-state index is 13.0. The minimum absolute atomic E-state index is 0.0519. The van der Waals surface area contributed by atoms with Gasteiger partial charge < -0.3 is 43.7 Å². The number of fused-ring (bicyclic) bond motifs is 1. The summed E-state index contributed by atoms with van der Waals surface area (Å²) in [5.41, 5.74) is 4.35. The zero-order valence-corrected chi connectivity index (χ0v) is 28.8. The van der Waals surface area contributed by atoms with Gasteiger partial charge in [-0.05, 0) is 76.3 Å². The molecule has 2 aromatic carbocycles. The Bertz CT molecular complexity index is 1540. The van der Waals surface area contributed by atoms with E-state index in [1.165, 1.54) is 31.9 Å². The van der Waals surface area contributed by atoms with Gasteiger partial charge in [0.1, 0.15) is 48.6 Å². The van der Waals surface area contributed by atoms with Crippen LogP contribution in [0.3, 0.4) is 0 Å². The van der Waals surface area contributed by atoms with Crippen LogP contribution in [0.5, 0.6) is 23.0 Å². The fourth-order valence-corrected chi connectivity index (χ4v) is 5.64. The number of esters is 1. The number of rotatable bonds is 15. The molecule has 6 unspecified atom stereocenters. The van der Waals surface area contributed by atoms with Gasteiger partial charge in [-0.25, -0.2) is 0 Å². The fourth-order valence-electron chi connectivity index (χ4n) is 5.64.